The summed E-state index contributed by atoms with van der Waals surface area (Å²) in [7, 11) is 1.91. The fourth-order valence-electron chi connectivity index (χ4n) is 2.45. The third-order valence-corrected chi connectivity index (χ3v) is 3.55. The normalized spacial score (nSPS) is 10.3. The Kier molecular flexibility index (Phi) is 3.17. The number of fused-ring (bicyclic) bond motifs is 1. The monoisotopic (exact) mass is 274 g/mol. The van der Waals surface area contributed by atoms with Gasteiger partial charge >= 0.3 is 0 Å². The van der Waals surface area contributed by atoms with Crippen molar-refractivity contribution in [2.24, 2.45) is 0 Å². The first-order valence-corrected chi connectivity index (χ1v) is 6.58. The minimum Gasteiger partial charge on any atom is -0.396 e. The lowest BCUT2D eigenvalue weighted by atomic mass is 10.1. The van der Waals surface area contributed by atoms with Gasteiger partial charge in [0, 0.05) is 18.6 Å². The van der Waals surface area contributed by atoms with E-state index >= 15 is 0 Å². The molecule has 0 fully saturated rings. The predicted molar refractivity (Wildman–Crippen MR) is 85.4 cm³/mol. The van der Waals surface area contributed by atoms with Crippen molar-refractivity contribution in [1.29, 1.82) is 5.26 Å². The van der Waals surface area contributed by atoms with Crippen LogP contribution in [-0.2, 0) is 0 Å². The molecule has 3 rings (SSSR count). The van der Waals surface area contributed by atoms with Crippen molar-refractivity contribution in [2.75, 3.05) is 17.7 Å². The smallest absolute Gasteiger partial charge is 0.101 e. The van der Waals surface area contributed by atoms with E-state index in [2.05, 4.69) is 11.1 Å². The lowest BCUT2D eigenvalue weighted by Crippen LogP contribution is -2.13. The van der Waals surface area contributed by atoms with E-state index in [1.54, 1.807) is 12.3 Å². The van der Waals surface area contributed by atoms with Crippen LogP contribution in [0.25, 0.3) is 10.9 Å². The van der Waals surface area contributed by atoms with Gasteiger partial charge in [-0.25, -0.2) is 0 Å². The molecule has 0 saturated heterocycles. The molecular weight excluding hydrogens is 260 g/mol. The van der Waals surface area contributed by atoms with E-state index in [4.69, 9.17) is 5.73 Å². The summed E-state index contributed by atoms with van der Waals surface area (Å²) in [4.78, 5) is 6.23. The Morgan fingerprint density at radius 2 is 1.86 bits per heavy atom. The lowest BCUT2D eigenvalue weighted by molar-refractivity contribution is 1.20. The summed E-state index contributed by atoms with van der Waals surface area (Å²) >= 11 is 0. The van der Waals surface area contributed by atoms with Gasteiger partial charge < -0.3 is 10.6 Å². The maximum absolute atomic E-state index is 9.24. The molecule has 0 bridgehead atoms. The Bertz CT molecular complexity index is 849. The van der Waals surface area contributed by atoms with E-state index in [0.29, 0.717) is 11.3 Å². The number of para-hydroxylation sites is 1. The van der Waals surface area contributed by atoms with Gasteiger partial charge in [0.05, 0.1) is 28.1 Å². The van der Waals surface area contributed by atoms with Gasteiger partial charge in [-0.2, -0.15) is 5.26 Å². The van der Waals surface area contributed by atoms with Gasteiger partial charge in [0.25, 0.3) is 0 Å². The Hall–Kier alpha value is -3.06. The largest absolute Gasteiger partial charge is 0.396 e. The Labute approximate surface area is 123 Å². The molecule has 2 N–H and O–H groups in total. The first kappa shape index (κ1) is 12.9. The second kappa shape index (κ2) is 5.14. The number of aromatic nitrogens is 1. The summed E-state index contributed by atoms with van der Waals surface area (Å²) in [5.41, 5.74) is 10.1. The Morgan fingerprint density at radius 1 is 1.05 bits per heavy atom. The Morgan fingerprint density at radius 3 is 2.67 bits per heavy atom. The highest BCUT2D eigenvalue weighted by molar-refractivity contribution is 5.98. The number of nitriles is 1. The maximum Gasteiger partial charge on any atom is 0.101 e. The fourth-order valence-corrected chi connectivity index (χ4v) is 2.45. The SMILES string of the molecule is CN(c1ccccc1C#N)c1ccc2ncccc2c1N. The number of pyridine rings is 1. The van der Waals surface area contributed by atoms with Crippen LogP contribution in [0.4, 0.5) is 17.1 Å². The van der Waals surface area contributed by atoms with E-state index < -0.39 is 0 Å². The number of anilines is 3. The molecule has 0 unspecified atom stereocenters. The summed E-state index contributed by atoms with van der Waals surface area (Å²) in [5.74, 6) is 0. The van der Waals surface area contributed by atoms with Crippen LogP contribution in [0.2, 0.25) is 0 Å². The first-order chi connectivity index (χ1) is 10.2. The number of benzene rings is 2. The molecule has 21 heavy (non-hydrogen) atoms. The molecule has 1 aromatic heterocycles. The molecule has 0 saturated carbocycles. The highest BCUT2D eigenvalue weighted by atomic mass is 15.1. The number of hydrogen-bond acceptors (Lipinski definition) is 4. The van der Waals surface area contributed by atoms with Crippen LogP contribution in [0.15, 0.2) is 54.7 Å². The number of nitrogens with two attached hydrogens (primary N) is 1. The average molecular weight is 274 g/mol. The highest BCUT2D eigenvalue weighted by Gasteiger charge is 2.13. The van der Waals surface area contributed by atoms with E-state index in [0.717, 1.165) is 22.3 Å². The third kappa shape index (κ3) is 2.15. The average Bonchev–Trinajstić information content (AvgIpc) is 2.55. The van der Waals surface area contributed by atoms with E-state index in [1.165, 1.54) is 0 Å². The Balaban J connectivity index is 2.16. The molecule has 4 heteroatoms. The number of nitrogens with zero attached hydrogens (tertiary/aromatic N) is 3. The summed E-state index contributed by atoms with van der Waals surface area (Å²) < 4.78 is 0. The molecule has 2 aromatic carbocycles. The minimum atomic E-state index is 0.616. The van der Waals surface area contributed by atoms with Gasteiger partial charge in [-0.1, -0.05) is 12.1 Å². The van der Waals surface area contributed by atoms with Gasteiger partial charge in [0.2, 0.25) is 0 Å². The van der Waals surface area contributed by atoms with E-state index in [9.17, 15) is 5.26 Å². The fraction of sp³-hybridized carbons (Fsp3) is 0.0588. The zero-order valence-electron chi connectivity index (χ0n) is 11.6. The zero-order chi connectivity index (χ0) is 14.8. The number of hydrogen-bond donors (Lipinski definition) is 1. The molecule has 3 aromatic rings. The van der Waals surface area contributed by atoms with Crippen LogP contribution in [0.5, 0.6) is 0 Å². The van der Waals surface area contributed by atoms with Gasteiger partial charge in [-0.05, 0) is 36.4 Å². The maximum atomic E-state index is 9.24. The summed E-state index contributed by atoms with van der Waals surface area (Å²) in [6.45, 7) is 0. The van der Waals surface area contributed by atoms with Crippen molar-refractivity contribution in [3.63, 3.8) is 0 Å². The molecule has 0 radical (unpaired) electrons. The van der Waals surface area contributed by atoms with Gasteiger partial charge in [0.15, 0.2) is 0 Å². The van der Waals surface area contributed by atoms with Crippen molar-refractivity contribution >= 4 is 28.0 Å². The number of nitrogen functional groups attached to an aromatic ring is 1. The summed E-state index contributed by atoms with van der Waals surface area (Å²) in [6.07, 6.45) is 1.75. The van der Waals surface area contributed by atoms with Crippen LogP contribution in [-0.4, -0.2) is 12.0 Å². The third-order valence-electron chi connectivity index (χ3n) is 3.55. The van der Waals surface area contributed by atoms with Crippen LogP contribution in [0.3, 0.4) is 0 Å². The summed E-state index contributed by atoms with van der Waals surface area (Å²) in [6, 6.07) is 17.4. The molecule has 102 valence electrons. The van der Waals surface area contributed by atoms with Gasteiger partial charge in [0.1, 0.15) is 6.07 Å². The molecule has 0 aliphatic rings. The van der Waals surface area contributed by atoms with Crippen molar-refractivity contribution in [3.8, 4) is 6.07 Å². The van der Waals surface area contributed by atoms with Gasteiger partial charge in [-0.3, -0.25) is 4.98 Å². The molecule has 0 amide bonds. The van der Waals surface area contributed by atoms with Crippen LogP contribution >= 0.6 is 0 Å². The van der Waals surface area contributed by atoms with Crippen LogP contribution in [0.1, 0.15) is 5.56 Å². The highest BCUT2D eigenvalue weighted by Crippen LogP contribution is 2.34. The molecule has 0 spiro atoms. The quantitative estimate of drug-likeness (QED) is 0.727. The molecule has 0 aliphatic heterocycles. The molecule has 0 aliphatic carbocycles. The predicted octanol–water partition coefficient (Wildman–Crippen LogP) is 3.46. The van der Waals surface area contributed by atoms with Crippen LogP contribution in [0, 0.1) is 11.3 Å². The lowest BCUT2D eigenvalue weighted by Gasteiger charge is -2.23. The van der Waals surface area contributed by atoms with E-state index in [1.807, 2.05) is 54.4 Å². The second-order valence-electron chi connectivity index (χ2n) is 4.76. The van der Waals surface area contributed by atoms with Crippen molar-refractivity contribution in [2.45, 2.75) is 0 Å². The number of rotatable bonds is 2. The molecular formula is C17H14N4. The minimum absolute atomic E-state index is 0.616. The molecule has 1 heterocycles. The topological polar surface area (TPSA) is 65.9 Å². The molecule has 4 nitrogen and oxygen atoms in total. The standard InChI is InChI=1S/C17H14N4/c1-21(15-7-3-2-5-12(15)11-18)16-9-8-14-13(17(16)19)6-4-10-20-14/h2-10H,19H2,1H3. The van der Waals surface area contributed by atoms with Crippen molar-refractivity contribution < 1.29 is 0 Å². The van der Waals surface area contributed by atoms with Crippen LogP contribution < -0.4 is 10.6 Å². The molecule has 0 atom stereocenters. The second-order valence-corrected chi connectivity index (χ2v) is 4.76. The van der Waals surface area contributed by atoms with Crippen molar-refractivity contribution in [1.82, 2.24) is 4.98 Å². The first-order valence-electron chi connectivity index (χ1n) is 6.58. The van der Waals surface area contributed by atoms with Crippen molar-refractivity contribution in [3.05, 3.63) is 60.3 Å². The zero-order valence-corrected chi connectivity index (χ0v) is 11.6. The van der Waals surface area contributed by atoms with Gasteiger partial charge in [-0.15, -0.1) is 0 Å². The summed E-state index contributed by atoms with van der Waals surface area (Å²) in [5, 5.41) is 10.2. The van der Waals surface area contributed by atoms with E-state index in [-0.39, 0.29) is 0 Å².